The fourth-order valence-electron chi connectivity index (χ4n) is 3.36. The number of rotatable bonds is 10. The van der Waals surface area contributed by atoms with E-state index in [9.17, 15) is 9.46 Å². The Labute approximate surface area is 187 Å². The van der Waals surface area contributed by atoms with Crippen molar-refractivity contribution in [2.24, 2.45) is 0 Å². The van der Waals surface area contributed by atoms with Gasteiger partial charge in [0.25, 0.3) is 0 Å². The molecule has 1 atom stereocenters. The zero-order chi connectivity index (χ0) is 19.3. The molecule has 0 aromatic heterocycles. The molecule has 0 fully saturated rings. The molecule has 0 N–H and O–H groups in total. The van der Waals surface area contributed by atoms with Gasteiger partial charge in [-0.2, -0.15) is 0 Å². The molecule has 0 aliphatic carbocycles. The van der Waals surface area contributed by atoms with Gasteiger partial charge < -0.3 is 0 Å². The third-order valence-electron chi connectivity index (χ3n) is 4.75. The van der Waals surface area contributed by atoms with Gasteiger partial charge in [0.05, 0.1) is 0 Å². The van der Waals surface area contributed by atoms with E-state index in [0.717, 1.165) is 29.8 Å². The molecular formula is C21H33NaO3P2. The van der Waals surface area contributed by atoms with Crippen LogP contribution in [0.5, 0.6) is 0 Å². The van der Waals surface area contributed by atoms with Crippen molar-refractivity contribution in [3.8, 4) is 0 Å². The number of fused-ring (bicyclic) bond motifs is 1. The van der Waals surface area contributed by atoms with E-state index in [1.54, 1.807) is 12.1 Å². The molecule has 0 spiro atoms. The molecule has 0 saturated heterocycles. The van der Waals surface area contributed by atoms with Crippen LogP contribution in [0.4, 0.5) is 0 Å². The zero-order valence-corrected chi connectivity index (χ0v) is 21.4. The maximum absolute atomic E-state index is 13.1. The van der Waals surface area contributed by atoms with Crippen molar-refractivity contribution in [3.63, 3.8) is 0 Å². The van der Waals surface area contributed by atoms with Gasteiger partial charge >= 0.3 is 188 Å². The number of hydrogen-bond acceptors (Lipinski definition) is 3. The van der Waals surface area contributed by atoms with Gasteiger partial charge in [0.15, 0.2) is 0 Å². The van der Waals surface area contributed by atoms with Crippen LogP contribution < -0.4 is 39.8 Å². The maximum atomic E-state index is 13.1. The second-order valence-electron chi connectivity index (χ2n) is 8.54. The first-order chi connectivity index (χ1) is 12.1. The van der Waals surface area contributed by atoms with Crippen LogP contribution in [-0.4, -0.2) is 26.2 Å². The normalized spacial score (nSPS) is 15.5. The van der Waals surface area contributed by atoms with E-state index >= 15 is 0 Å². The largest absolute Gasteiger partial charge is 1.00 e. The third kappa shape index (κ3) is 7.90. The fourth-order valence-corrected chi connectivity index (χ4v) is 9.30. The van der Waals surface area contributed by atoms with Crippen LogP contribution in [-0.2, 0) is 8.88 Å². The van der Waals surface area contributed by atoms with Crippen molar-refractivity contribution in [1.29, 1.82) is 0 Å². The standard InChI is InChI=1S/C21H34O3P2.Na/c1-5-6-7-8-9-12-18-26(2,3,4)24-25(22,23)21-17-13-15-19-14-10-11-16-20(19)21;/h10-11,13-17H,5-9,12,18H2,1-4H3,(H,22,23);/q;+1/p-1. The van der Waals surface area contributed by atoms with Crippen LogP contribution >= 0.6 is 14.4 Å². The molecule has 0 radical (unpaired) electrons. The van der Waals surface area contributed by atoms with Gasteiger partial charge in [-0.25, -0.2) is 0 Å². The summed E-state index contributed by atoms with van der Waals surface area (Å²) in [6.07, 6.45) is 8.02. The molecule has 1 unspecified atom stereocenters. The Balaban J connectivity index is 0.00000364. The Kier molecular flexibility index (Phi) is 9.71. The van der Waals surface area contributed by atoms with Crippen LogP contribution in [0.3, 0.4) is 0 Å². The number of hydrogen-bond donors (Lipinski definition) is 0. The van der Waals surface area contributed by atoms with Crippen molar-refractivity contribution in [1.82, 2.24) is 0 Å². The molecule has 0 heterocycles. The minimum Gasteiger partial charge on any atom is 1.00 e. The summed E-state index contributed by atoms with van der Waals surface area (Å²) in [4.78, 5) is 13.1. The Bertz CT molecular complexity index is 778. The minimum atomic E-state index is -4.14. The molecular weight excluding hydrogens is 385 g/mol. The summed E-state index contributed by atoms with van der Waals surface area (Å²) >= 11 is 0. The van der Waals surface area contributed by atoms with Crippen molar-refractivity contribution >= 4 is 30.5 Å². The van der Waals surface area contributed by atoms with Crippen LogP contribution in [0.25, 0.3) is 10.8 Å². The summed E-state index contributed by atoms with van der Waals surface area (Å²) in [6, 6.07) is 12.9. The second kappa shape index (κ2) is 10.4. The predicted molar refractivity (Wildman–Crippen MR) is 115 cm³/mol. The Morgan fingerprint density at radius 1 is 0.926 bits per heavy atom. The molecule has 146 valence electrons. The summed E-state index contributed by atoms with van der Waals surface area (Å²) in [7, 11) is -4.14. The summed E-state index contributed by atoms with van der Waals surface area (Å²) < 4.78 is 19.0. The average molecular weight is 418 g/mol. The van der Waals surface area contributed by atoms with Crippen LogP contribution in [0, 0.1) is 0 Å². The van der Waals surface area contributed by atoms with Crippen LogP contribution in [0.15, 0.2) is 42.5 Å². The van der Waals surface area contributed by atoms with Crippen molar-refractivity contribution in [2.45, 2.75) is 45.4 Å². The number of benzene rings is 2. The molecule has 2 aromatic carbocycles. The second-order valence-corrected chi connectivity index (χ2v) is 17.0. The molecule has 0 aliphatic heterocycles. The Hall–Kier alpha value is 0.280. The topological polar surface area (TPSA) is 49.4 Å². The quantitative estimate of drug-likeness (QED) is 0.339. The van der Waals surface area contributed by atoms with Crippen molar-refractivity contribution in [2.75, 3.05) is 26.2 Å². The fraction of sp³-hybridized carbons (Fsp3) is 0.524. The first kappa shape index (κ1) is 25.3. The average Bonchev–Trinajstić information content (AvgIpc) is 2.56. The molecule has 0 bridgehead atoms. The molecule has 6 heteroatoms. The molecule has 2 rings (SSSR count). The van der Waals surface area contributed by atoms with E-state index in [1.165, 1.54) is 25.7 Å². The zero-order valence-electron chi connectivity index (χ0n) is 17.6. The van der Waals surface area contributed by atoms with Gasteiger partial charge in [0.1, 0.15) is 0 Å². The van der Waals surface area contributed by atoms with Crippen molar-refractivity contribution in [3.05, 3.63) is 42.5 Å². The maximum Gasteiger partial charge on any atom is 1.00 e. The summed E-state index contributed by atoms with van der Waals surface area (Å²) in [5.41, 5.74) is 0. The molecule has 0 aliphatic rings. The summed E-state index contributed by atoms with van der Waals surface area (Å²) in [6.45, 7) is 5.54. The third-order valence-corrected chi connectivity index (χ3v) is 10.8. The molecule has 0 amide bonds. The molecule has 3 nitrogen and oxygen atoms in total. The number of unbranched alkanes of at least 4 members (excludes halogenated alkanes) is 5. The van der Waals surface area contributed by atoms with Gasteiger partial charge in [-0.3, -0.25) is 0 Å². The molecule has 27 heavy (non-hydrogen) atoms. The van der Waals surface area contributed by atoms with E-state index in [2.05, 4.69) is 6.92 Å². The van der Waals surface area contributed by atoms with E-state index in [0.29, 0.717) is 5.30 Å². The molecule has 0 saturated carbocycles. The van der Waals surface area contributed by atoms with Crippen molar-refractivity contribution < 1.29 is 43.3 Å². The SMILES string of the molecule is CCCCCCCCP(C)(C)(C)OP(=O)([O-])c1cccc2ccccc12.[Na+]. The van der Waals surface area contributed by atoms with Crippen LogP contribution in [0.2, 0.25) is 0 Å². The van der Waals surface area contributed by atoms with E-state index in [1.807, 2.05) is 50.3 Å². The predicted octanol–water partition coefficient (Wildman–Crippen LogP) is 2.76. The van der Waals surface area contributed by atoms with Gasteiger partial charge in [-0.1, -0.05) is 0 Å². The van der Waals surface area contributed by atoms with Crippen LogP contribution in [0.1, 0.15) is 45.4 Å². The summed E-state index contributed by atoms with van der Waals surface area (Å²) in [5.74, 6) is 0. The first-order valence-electron chi connectivity index (χ1n) is 9.64. The first-order valence-corrected chi connectivity index (χ1v) is 14.9. The minimum absolute atomic E-state index is 0. The van der Waals surface area contributed by atoms with E-state index < -0.39 is 14.4 Å². The van der Waals surface area contributed by atoms with Gasteiger partial charge in [-0.15, -0.1) is 0 Å². The molecule has 2 aromatic rings. The monoisotopic (exact) mass is 418 g/mol. The van der Waals surface area contributed by atoms with E-state index in [-0.39, 0.29) is 29.6 Å². The smallest absolute Gasteiger partial charge is 1.00 e. The summed E-state index contributed by atoms with van der Waals surface area (Å²) in [5, 5.41) is 1.96. The van der Waals surface area contributed by atoms with Gasteiger partial charge in [0, 0.05) is 0 Å². The van der Waals surface area contributed by atoms with Gasteiger partial charge in [-0.05, 0) is 0 Å². The van der Waals surface area contributed by atoms with Gasteiger partial charge in [0.2, 0.25) is 0 Å². The Morgan fingerprint density at radius 3 is 2.22 bits per heavy atom. The van der Waals surface area contributed by atoms with E-state index in [4.69, 9.17) is 4.31 Å². The Morgan fingerprint density at radius 2 is 1.52 bits per heavy atom.